The molecule has 0 spiro atoms. The van der Waals surface area contributed by atoms with Crippen LogP contribution >= 0.6 is 0 Å². The van der Waals surface area contributed by atoms with Crippen molar-refractivity contribution in [1.29, 1.82) is 0 Å². The summed E-state index contributed by atoms with van der Waals surface area (Å²) in [4.78, 5) is 16.0. The Hall–Kier alpha value is -2.09. The van der Waals surface area contributed by atoms with E-state index in [1.54, 1.807) is 4.68 Å². The second-order valence-electron chi connectivity index (χ2n) is 4.36. The minimum absolute atomic E-state index is 0.0514. The van der Waals surface area contributed by atoms with Crippen molar-refractivity contribution in [3.05, 3.63) is 11.9 Å². The minimum Gasteiger partial charge on any atom is -0.293 e. The van der Waals surface area contributed by atoms with E-state index in [4.69, 9.17) is 6.42 Å². The van der Waals surface area contributed by atoms with Crippen LogP contribution < -0.4 is 5.32 Å². The molecule has 1 amide bonds. The van der Waals surface area contributed by atoms with Crippen molar-refractivity contribution < 1.29 is 4.79 Å². The molecule has 2 rings (SSSR count). The van der Waals surface area contributed by atoms with Gasteiger partial charge in [-0.1, -0.05) is 25.8 Å². The summed E-state index contributed by atoms with van der Waals surface area (Å²) < 4.78 is 1.67. The Morgan fingerprint density at radius 1 is 1.78 bits per heavy atom. The number of carbonyl (C=O) groups is 1. The van der Waals surface area contributed by atoms with Gasteiger partial charge in [0.05, 0.1) is 0 Å². The molecule has 5 heteroatoms. The monoisotopic (exact) mass is 244 g/mol. The van der Waals surface area contributed by atoms with E-state index in [9.17, 15) is 4.79 Å². The Bertz CT molecular complexity index is 524. The van der Waals surface area contributed by atoms with Crippen LogP contribution in [0, 0.1) is 18.3 Å². The Kier molecular flexibility index (Phi) is 3.47. The predicted octanol–water partition coefficient (Wildman–Crippen LogP) is 1.85. The summed E-state index contributed by atoms with van der Waals surface area (Å²) in [6, 6.07) is -0.119. The lowest BCUT2D eigenvalue weighted by Gasteiger charge is -2.13. The van der Waals surface area contributed by atoms with E-state index < -0.39 is 0 Å². The van der Waals surface area contributed by atoms with Crippen molar-refractivity contribution in [3.8, 4) is 12.3 Å². The molecule has 1 aliphatic heterocycles. The zero-order valence-electron chi connectivity index (χ0n) is 10.6. The first-order valence-corrected chi connectivity index (χ1v) is 6.05. The van der Waals surface area contributed by atoms with Gasteiger partial charge < -0.3 is 0 Å². The number of nitrogens with zero attached hydrogens (tertiary/aromatic N) is 3. The summed E-state index contributed by atoms with van der Waals surface area (Å²) in [5.41, 5.74) is 0. The molecule has 2 atom stereocenters. The Balaban J connectivity index is 2.18. The summed E-state index contributed by atoms with van der Waals surface area (Å²) in [6.45, 7) is 3.84. The quantitative estimate of drug-likeness (QED) is 0.825. The first kappa shape index (κ1) is 12.4. The van der Waals surface area contributed by atoms with Crippen LogP contribution in [0.4, 0.5) is 5.95 Å². The second-order valence-corrected chi connectivity index (χ2v) is 4.36. The maximum absolute atomic E-state index is 11.7. The van der Waals surface area contributed by atoms with Crippen LogP contribution in [-0.2, 0) is 4.79 Å². The van der Waals surface area contributed by atoms with Gasteiger partial charge >= 0.3 is 0 Å². The lowest BCUT2D eigenvalue weighted by molar-refractivity contribution is -0.119. The van der Waals surface area contributed by atoms with E-state index >= 15 is 0 Å². The molecule has 0 saturated heterocycles. The van der Waals surface area contributed by atoms with Crippen molar-refractivity contribution in [1.82, 2.24) is 14.8 Å². The molecule has 94 valence electrons. The van der Waals surface area contributed by atoms with Crippen molar-refractivity contribution in [2.45, 2.75) is 32.7 Å². The zero-order valence-corrected chi connectivity index (χ0v) is 10.6. The van der Waals surface area contributed by atoms with Crippen LogP contribution in [0.3, 0.4) is 0 Å². The van der Waals surface area contributed by atoms with Gasteiger partial charge in [0.1, 0.15) is 6.04 Å². The molecule has 0 radical (unpaired) electrons. The van der Waals surface area contributed by atoms with Crippen LogP contribution in [0.25, 0.3) is 6.08 Å². The van der Waals surface area contributed by atoms with Gasteiger partial charge in [-0.3, -0.25) is 10.1 Å². The molecule has 0 aliphatic carbocycles. The SMILES string of the molecule is C#CC1CC=Cc2nc(NC(=O)C(C)CC)nn21. The number of amides is 1. The maximum atomic E-state index is 11.7. The largest absolute Gasteiger partial charge is 0.293 e. The van der Waals surface area contributed by atoms with Crippen molar-refractivity contribution in [3.63, 3.8) is 0 Å². The van der Waals surface area contributed by atoms with Gasteiger partial charge in [0.15, 0.2) is 5.82 Å². The van der Waals surface area contributed by atoms with Crippen LogP contribution in [0.1, 0.15) is 38.6 Å². The fourth-order valence-corrected chi connectivity index (χ4v) is 1.69. The molecule has 1 N–H and O–H groups in total. The number of terminal acetylenes is 1. The van der Waals surface area contributed by atoms with Gasteiger partial charge in [-0.2, -0.15) is 4.98 Å². The van der Waals surface area contributed by atoms with Crippen LogP contribution in [0.2, 0.25) is 0 Å². The molecule has 1 aromatic rings. The number of nitrogens with one attached hydrogen (secondary N) is 1. The third kappa shape index (κ3) is 2.28. The molecule has 0 aromatic carbocycles. The van der Waals surface area contributed by atoms with E-state index in [1.807, 2.05) is 26.0 Å². The molecule has 1 aromatic heterocycles. The fraction of sp³-hybridized carbons (Fsp3) is 0.462. The number of hydrogen-bond acceptors (Lipinski definition) is 3. The molecule has 2 unspecified atom stereocenters. The molecule has 18 heavy (non-hydrogen) atoms. The van der Waals surface area contributed by atoms with E-state index in [0.29, 0.717) is 11.8 Å². The normalized spacial score (nSPS) is 18.8. The second kappa shape index (κ2) is 5.05. The zero-order chi connectivity index (χ0) is 13.1. The lowest BCUT2D eigenvalue weighted by Crippen LogP contribution is -2.20. The van der Waals surface area contributed by atoms with Gasteiger partial charge in [0, 0.05) is 5.92 Å². The van der Waals surface area contributed by atoms with Crippen LogP contribution in [-0.4, -0.2) is 20.7 Å². The van der Waals surface area contributed by atoms with E-state index in [0.717, 1.165) is 12.8 Å². The number of carbonyl (C=O) groups excluding carboxylic acids is 1. The van der Waals surface area contributed by atoms with Crippen LogP contribution in [0.15, 0.2) is 6.08 Å². The number of hydrogen-bond donors (Lipinski definition) is 1. The van der Waals surface area contributed by atoms with Gasteiger partial charge in [-0.15, -0.1) is 11.5 Å². The molecule has 5 nitrogen and oxygen atoms in total. The average Bonchev–Trinajstić information content (AvgIpc) is 2.79. The van der Waals surface area contributed by atoms with Crippen molar-refractivity contribution in [2.75, 3.05) is 5.32 Å². The number of anilines is 1. The smallest absolute Gasteiger partial charge is 0.249 e. The third-order valence-electron chi connectivity index (χ3n) is 3.07. The Labute approximate surface area is 106 Å². The first-order chi connectivity index (χ1) is 8.65. The summed E-state index contributed by atoms with van der Waals surface area (Å²) >= 11 is 0. The molecular weight excluding hydrogens is 228 g/mol. The highest BCUT2D eigenvalue weighted by Crippen LogP contribution is 2.21. The third-order valence-corrected chi connectivity index (χ3v) is 3.07. The van der Waals surface area contributed by atoms with Gasteiger partial charge in [-0.05, 0) is 18.9 Å². The molecule has 1 aliphatic rings. The first-order valence-electron chi connectivity index (χ1n) is 6.05. The highest BCUT2D eigenvalue weighted by molar-refractivity contribution is 5.90. The van der Waals surface area contributed by atoms with E-state index in [2.05, 4.69) is 21.3 Å². The number of aromatic nitrogens is 3. The number of rotatable bonds is 3. The van der Waals surface area contributed by atoms with Crippen LogP contribution in [0.5, 0.6) is 0 Å². The summed E-state index contributed by atoms with van der Waals surface area (Å²) in [5, 5.41) is 6.95. The number of fused-ring (bicyclic) bond motifs is 1. The highest BCUT2D eigenvalue weighted by Gasteiger charge is 2.19. The Morgan fingerprint density at radius 2 is 2.56 bits per heavy atom. The fourth-order valence-electron chi connectivity index (χ4n) is 1.69. The molecule has 0 fully saturated rings. The van der Waals surface area contributed by atoms with Gasteiger partial charge in [0.25, 0.3) is 0 Å². The topological polar surface area (TPSA) is 59.8 Å². The maximum Gasteiger partial charge on any atom is 0.249 e. The minimum atomic E-state index is -0.119. The standard InChI is InChI=1S/C13H16N4O/c1-4-9(3)12(18)15-13-14-11-8-6-7-10(5-2)17(11)16-13/h2,6,8-10H,4,7H2,1,3H3,(H,15,16,18). The van der Waals surface area contributed by atoms with Crippen molar-refractivity contribution >= 4 is 17.9 Å². The summed E-state index contributed by atoms with van der Waals surface area (Å²) in [5.74, 6) is 3.54. The lowest BCUT2D eigenvalue weighted by atomic mass is 10.1. The highest BCUT2D eigenvalue weighted by atomic mass is 16.2. The predicted molar refractivity (Wildman–Crippen MR) is 69.6 cm³/mol. The molecule has 2 heterocycles. The molecule has 0 saturated carbocycles. The van der Waals surface area contributed by atoms with E-state index in [-0.39, 0.29) is 17.9 Å². The van der Waals surface area contributed by atoms with Gasteiger partial charge in [0.2, 0.25) is 11.9 Å². The molecule has 0 bridgehead atoms. The Morgan fingerprint density at radius 3 is 3.22 bits per heavy atom. The summed E-state index contributed by atoms with van der Waals surface area (Å²) in [7, 11) is 0. The van der Waals surface area contributed by atoms with Crippen molar-refractivity contribution in [2.24, 2.45) is 5.92 Å². The van der Waals surface area contributed by atoms with Gasteiger partial charge in [-0.25, -0.2) is 4.68 Å². The number of allylic oxidation sites excluding steroid dienone is 1. The summed E-state index contributed by atoms with van der Waals surface area (Å²) in [6.07, 6.45) is 10.8. The average molecular weight is 244 g/mol. The molecular formula is C13H16N4O. The van der Waals surface area contributed by atoms with E-state index in [1.165, 1.54) is 0 Å².